The zero-order chi connectivity index (χ0) is 23.3. The zero-order valence-electron chi connectivity index (χ0n) is 16.9. The molecule has 2 aromatic carbocycles. The summed E-state index contributed by atoms with van der Waals surface area (Å²) in [5.41, 5.74) is 0.159. The van der Waals surface area contributed by atoms with E-state index in [1.54, 1.807) is 6.07 Å². The number of benzene rings is 2. The average molecular weight is 510 g/mol. The van der Waals surface area contributed by atoms with Crippen molar-refractivity contribution in [3.63, 3.8) is 0 Å². The Bertz CT molecular complexity index is 1160. The average Bonchev–Trinajstić information content (AvgIpc) is 2.75. The minimum Gasteiger partial charge on any atom is -0.495 e. The second-order valence-corrected chi connectivity index (χ2v) is 7.77. The second kappa shape index (κ2) is 9.99. The molecule has 0 aliphatic carbocycles. The number of nitrogens with zero attached hydrogens (tertiary/aromatic N) is 2. The lowest BCUT2D eigenvalue weighted by Crippen LogP contribution is -2.23. The van der Waals surface area contributed by atoms with Gasteiger partial charge in [-0.25, -0.2) is 4.68 Å². The van der Waals surface area contributed by atoms with Gasteiger partial charge >= 0.3 is 6.18 Å². The van der Waals surface area contributed by atoms with E-state index in [2.05, 4.69) is 26.3 Å². The van der Waals surface area contributed by atoms with E-state index < -0.39 is 17.6 Å². The van der Waals surface area contributed by atoms with Gasteiger partial charge in [0.1, 0.15) is 5.75 Å². The van der Waals surface area contributed by atoms with Gasteiger partial charge < -0.3 is 10.1 Å². The fraction of sp³-hybridized carbons (Fsp3) is 0.227. The van der Waals surface area contributed by atoms with Gasteiger partial charge in [0.15, 0.2) is 0 Å². The van der Waals surface area contributed by atoms with Crippen molar-refractivity contribution in [2.75, 3.05) is 12.4 Å². The molecule has 1 aromatic heterocycles. The third-order valence-corrected chi connectivity index (χ3v) is 5.11. The van der Waals surface area contributed by atoms with Crippen molar-refractivity contribution in [3.05, 3.63) is 75.0 Å². The molecule has 0 fully saturated rings. The number of hydrogen-bond acceptors (Lipinski definition) is 4. The summed E-state index contributed by atoms with van der Waals surface area (Å²) in [4.78, 5) is 24.4. The van der Waals surface area contributed by atoms with Crippen LogP contribution in [0.4, 0.5) is 18.9 Å². The fourth-order valence-corrected chi connectivity index (χ4v) is 3.23. The van der Waals surface area contributed by atoms with E-state index in [0.717, 1.165) is 28.2 Å². The van der Waals surface area contributed by atoms with E-state index in [4.69, 9.17) is 4.74 Å². The van der Waals surface area contributed by atoms with E-state index in [1.165, 1.54) is 17.9 Å². The summed E-state index contributed by atoms with van der Waals surface area (Å²) >= 11 is 3.36. The van der Waals surface area contributed by atoms with Crippen molar-refractivity contribution in [2.24, 2.45) is 0 Å². The monoisotopic (exact) mass is 509 g/mol. The maximum atomic E-state index is 12.9. The molecular formula is C22H19BrF3N3O3. The number of anilines is 1. The van der Waals surface area contributed by atoms with Crippen LogP contribution in [0.25, 0.3) is 11.3 Å². The van der Waals surface area contributed by atoms with Crippen molar-refractivity contribution in [1.82, 2.24) is 9.78 Å². The smallest absolute Gasteiger partial charge is 0.416 e. The number of halogens is 4. The summed E-state index contributed by atoms with van der Waals surface area (Å²) in [7, 11) is 1.30. The summed E-state index contributed by atoms with van der Waals surface area (Å²) in [6, 6.07) is 13.3. The lowest BCUT2D eigenvalue weighted by Gasteiger charge is -2.14. The number of hydrogen-bond donors (Lipinski definition) is 1. The maximum Gasteiger partial charge on any atom is 0.416 e. The molecule has 1 heterocycles. The summed E-state index contributed by atoms with van der Waals surface area (Å²) in [5, 5.41) is 6.77. The lowest BCUT2D eigenvalue weighted by molar-refractivity contribution is -0.137. The van der Waals surface area contributed by atoms with Gasteiger partial charge in [-0.15, -0.1) is 0 Å². The van der Waals surface area contributed by atoms with Gasteiger partial charge in [-0.1, -0.05) is 28.1 Å². The highest BCUT2D eigenvalue weighted by atomic mass is 79.9. The van der Waals surface area contributed by atoms with Gasteiger partial charge in [-0.3, -0.25) is 9.59 Å². The fourth-order valence-electron chi connectivity index (χ4n) is 2.97. The Hall–Kier alpha value is -3.14. The molecule has 0 atom stereocenters. The number of methoxy groups -OCH3 is 1. The van der Waals surface area contributed by atoms with Gasteiger partial charge in [0.05, 0.1) is 24.1 Å². The molecule has 0 aliphatic rings. The van der Waals surface area contributed by atoms with Crippen LogP contribution in [0.5, 0.6) is 5.75 Å². The summed E-state index contributed by atoms with van der Waals surface area (Å²) in [6.07, 6.45) is -4.29. The van der Waals surface area contributed by atoms with E-state index >= 15 is 0 Å². The van der Waals surface area contributed by atoms with Gasteiger partial charge in [0.2, 0.25) is 5.91 Å². The molecule has 0 spiro atoms. The third-order valence-electron chi connectivity index (χ3n) is 4.58. The van der Waals surface area contributed by atoms with Crippen LogP contribution >= 0.6 is 15.9 Å². The molecule has 168 valence electrons. The highest BCUT2D eigenvalue weighted by Crippen LogP contribution is 2.35. The molecule has 0 saturated heterocycles. The van der Waals surface area contributed by atoms with E-state index in [1.807, 2.05) is 24.3 Å². The number of aryl methyl sites for hydroxylation is 1. The number of amides is 1. The zero-order valence-corrected chi connectivity index (χ0v) is 18.5. The molecule has 32 heavy (non-hydrogen) atoms. The number of carbonyl (C=O) groups is 1. The first-order chi connectivity index (χ1) is 15.2. The van der Waals surface area contributed by atoms with Crippen LogP contribution in [-0.2, 0) is 17.5 Å². The van der Waals surface area contributed by atoms with Crippen LogP contribution < -0.4 is 15.6 Å². The lowest BCUT2D eigenvalue weighted by atomic mass is 10.1. The van der Waals surface area contributed by atoms with Gasteiger partial charge in [0.25, 0.3) is 5.56 Å². The van der Waals surface area contributed by atoms with Gasteiger partial charge in [-0.2, -0.15) is 18.3 Å². The van der Waals surface area contributed by atoms with Crippen molar-refractivity contribution in [3.8, 4) is 17.0 Å². The van der Waals surface area contributed by atoms with Crippen LogP contribution in [0, 0.1) is 0 Å². The molecular weight excluding hydrogens is 491 g/mol. The topological polar surface area (TPSA) is 73.2 Å². The molecule has 10 heteroatoms. The Labute approximate surface area is 190 Å². The minimum absolute atomic E-state index is 0.0178. The number of ether oxygens (including phenoxy) is 1. The van der Waals surface area contributed by atoms with Crippen LogP contribution in [0.3, 0.4) is 0 Å². The SMILES string of the molecule is COc1ccc(C(F)(F)F)cc1NC(=O)CCCn1nc(-c2ccc(Br)cc2)ccc1=O. The second-order valence-electron chi connectivity index (χ2n) is 6.85. The predicted octanol–water partition coefficient (Wildman–Crippen LogP) is 5.12. The molecule has 3 aromatic rings. The molecule has 0 radical (unpaired) electrons. The molecule has 1 amide bonds. The quantitative estimate of drug-likeness (QED) is 0.479. The largest absolute Gasteiger partial charge is 0.495 e. The van der Waals surface area contributed by atoms with Crippen LogP contribution in [0.1, 0.15) is 18.4 Å². The summed E-state index contributed by atoms with van der Waals surface area (Å²) in [6.45, 7) is 0.177. The van der Waals surface area contributed by atoms with E-state index in [9.17, 15) is 22.8 Å². The van der Waals surface area contributed by atoms with Crippen LogP contribution in [-0.4, -0.2) is 22.8 Å². The van der Waals surface area contributed by atoms with Crippen molar-refractivity contribution in [1.29, 1.82) is 0 Å². The third kappa shape index (κ3) is 5.97. The van der Waals surface area contributed by atoms with Crippen molar-refractivity contribution >= 4 is 27.5 Å². The summed E-state index contributed by atoms with van der Waals surface area (Å²) < 4.78 is 46.0. The van der Waals surface area contributed by atoms with Crippen molar-refractivity contribution in [2.45, 2.75) is 25.6 Å². The van der Waals surface area contributed by atoms with Crippen LogP contribution in [0.15, 0.2) is 63.9 Å². The number of alkyl halides is 3. The molecule has 0 unspecified atom stereocenters. The number of rotatable bonds is 7. The molecule has 1 N–H and O–H groups in total. The molecule has 0 aliphatic heterocycles. The number of nitrogens with one attached hydrogen (secondary N) is 1. The Morgan fingerprint density at radius 2 is 1.84 bits per heavy atom. The predicted molar refractivity (Wildman–Crippen MR) is 117 cm³/mol. The standard InChI is InChI=1S/C22H19BrF3N3O3/c1-32-19-10-6-15(22(24,25)26)13-18(19)27-20(30)3-2-12-29-21(31)11-9-17(28-29)14-4-7-16(23)8-5-14/h4-11,13H,2-3,12H2,1H3,(H,27,30). The minimum atomic E-state index is -4.54. The first-order valence-electron chi connectivity index (χ1n) is 9.56. The molecule has 3 rings (SSSR count). The summed E-state index contributed by atoms with van der Waals surface area (Å²) in [5.74, 6) is -0.383. The first kappa shape index (κ1) is 23.5. The highest BCUT2D eigenvalue weighted by molar-refractivity contribution is 9.10. The van der Waals surface area contributed by atoms with Crippen LogP contribution in [0.2, 0.25) is 0 Å². The normalized spacial score (nSPS) is 11.3. The van der Waals surface area contributed by atoms with E-state index in [0.29, 0.717) is 5.69 Å². The Kier molecular flexibility index (Phi) is 7.34. The molecule has 0 bridgehead atoms. The number of carbonyl (C=O) groups excluding carboxylic acids is 1. The molecule has 0 saturated carbocycles. The van der Waals surface area contributed by atoms with Gasteiger partial charge in [0, 0.05) is 29.1 Å². The molecule has 6 nitrogen and oxygen atoms in total. The van der Waals surface area contributed by atoms with Crippen molar-refractivity contribution < 1.29 is 22.7 Å². The van der Waals surface area contributed by atoms with Gasteiger partial charge in [-0.05, 0) is 42.8 Å². The highest BCUT2D eigenvalue weighted by Gasteiger charge is 2.31. The maximum absolute atomic E-state index is 12.9. The Balaban J connectivity index is 1.65. The Morgan fingerprint density at radius 3 is 2.50 bits per heavy atom. The van der Waals surface area contributed by atoms with E-state index in [-0.39, 0.29) is 36.4 Å². The first-order valence-corrected chi connectivity index (χ1v) is 10.4. The Morgan fingerprint density at radius 1 is 1.12 bits per heavy atom. The number of aromatic nitrogens is 2.